The van der Waals surface area contributed by atoms with Crippen LogP contribution in [0.4, 0.5) is 0 Å². The SMILES string of the molecule is C[C@@H](C(=O)N1CCCCC1)N1CCN(S(=O)(=O)c2ccc(C(C)(C)C)cc2)CC1. The first-order valence-electron chi connectivity index (χ1n) is 10.7. The fourth-order valence-corrected chi connectivity index (χ4v) is 5.56. The molecule has 0 aromatic heterocycles. The molecule has 0 spiro atoms. The predicted octanol–water partition coefficient (Wildman–Crippen LogP) is 2.69. The first-order chi connectivity index (χ1) is 13.6. The second-order valence-electron chi connectivity index (χ2n) is 9.28. The molecule has 0 N–H and O–H groups in total. The third-order valence-corrected chi connectivity index (χ3v) is 8.12. The highest BCUT2D eigenvalue weighted by molar-refractivity contribution is 7.89. The molecule has 7 heteroatoms. The Labute approximate surface area is 175 Å². The predicted molar refractivity (Wildman–Crippen MR) is 115 cm³/mol. The summed E-state index contributed by atoms with van der Waals surface area (Å²) >= 11 is 0. The van der Waals surface area contributed by atoms with Gasteiger partial charge >= 0.3 is 0 Å². The summed E-state index contributed by atoms with van der Waals surface area (Å²) in [6.45, 7) is 12.0. The maximum absolute atomic E-state index is 13.0. The monoisotopic (exact) mass is 421 g/mol. The van der Waals surface area contributed by atoms with Gasteiger partial charge in [0.1, 0.15) is 0 Å². The molecule has 0 saturated carbocycles. The smallest absolute Gasteiger partial charge is 0.243 e. The van der Waals surface area contributed by atoms with E-state index in [2.05, 4.69) is 25.7 Å². The molecule has 3 rings (SSSR count). The zero-order chi connectivity index (χ0) is 21.2. The van der Waals surface area contributed by atoms with Crippen molar-refractivity contribution in [2.24, 2.45) is 0 Å². The molecule has 1 amide bonds. The van der Waals surface area contributed by atoms with Crippen LogP contribution in [-0.2, 0) is 20.2 Å². The summed E-state index contributed by atoms with van der Waals surface area (Å²) in [6.07, 6.45) is 3.36. The summed E-state index contributed by atoms with van der Waals surface area (Å²) < 4.78 is 27.6. The lowest BCUT2D eigenvalue weighted by Gasteiger charge is -2.39. The Morgan fingerprint density at radius 2 is 1.45 bits per heavy atom. The number of piperidine rings is 1. The molecule has 2 heterocycles. The van der Waals surface area contributed by atoms with Crippen molar-refractivity contribution in [3.8, 4) is 0 Å². The molecule has 2 saturated heterocycles. The highest BCUT2D eigenvalue weighted by Crippen LogP contribution is 2.25. The van der Waals surface area contributed by atoms with Crippen molar-refractivity contribution in [3.05, 3.63) is 29.8 Å². The number of nitrogens with zero attached hydrogens (tertiary/aromatic N) is 3. The van der Waals surface area contributed by atoms with E-state index in [0.29, 0.717) is 31.1 Å². The number of benzene rings is 1. The van der Waals surface area contributed by atoms with Gasteiger partial charge in [-0.1, -0.05) is 32.9 Å². The molecule has 0 radical (unpaired) electrons. The minimum atomic E-state index is -3.50. The lowest BCUT2D eigenvalue weighted by molar-refractivity contribution is -0.137. The summed E-state index contributed by atoms with van der Waals surface area (Å²) in [4.78, 5) is 17.2. The lowest BCUT2D eigenvalue weighted by atomic mass is 9.87. The number of hydrogen-bond acceptors (Lipinski definition) is 4. The summed E-state index contributed by atoms with van der Waals surface area (Å²) in [5, 5.41) is 0. The van der Waals surface area contributed by atoms with Crippen molar-refractivity contribution < 1.29 is 13.2 Å². The summed E-state index contributed by atoms with van der Waals surface area (Å²) in [7, 11) is -3.50. The Morgan fingerprint density at radius 1 is 0.897 bits per heavy atom. The largest absolute Gasteiger partial charge is 0.341 e. The minimum absolute atomic E-state index is 0.00898. The minimum Gasteiger partial charge on any atom is -0.341 e. The van der Waals surface area contributed by atoms with Gasteiger partial charge in [-0.3, -0.25) is 9.69 Å². The molecule has 2 fully saturated rings. The van der Waals surface area contributed by atoms with E-state index in [0.717, 1.165) is 31.5 Å². The Bertz CT molecular complexity index is 801. The van der Waals surface area contributed by atoms with Crippen LogP contribution in [0.3, 0.4) is 0 Å². The van der Waals surface area contributed by atoms with Gasteiger partial charge in [-0.05, 0) is 49.3 Å². The molecule has 162 valence electrons. The number of hydrogen-bond donors (Lipinski definition) is 0. The third-order valence-electron chi connectivity index (χ3n) is 6.20. The third kappa shape index (κ3) is 5.01. The number of likely N-dealkylation sites (tertiary alicyclic amines) is 1. The van der Waals surface area contributed by atoms with Crippen LogP contribution in [0.5, 0.6) is 0 Å². The quantitative estimate of drug-likeness (QED) is 0.750. The van der Waals surface area contributed by atoms with E-state index >= 15 is 0 Å². The van der Waals surface area contributed by atoms with Gasteiger partial charge in [0.2, 0.25) is 15.9 Å². The fourth-order valence-electron chi connectivity index (χ4n) is 4.14. The van der Waals surface area contributed by atoms with Gasteiger partial charge in [0.25, 0.3) is 0 Å². The topological polar surface area (TPSA) is 60.9 Å². The van der Waals surface area contributed by atoms with Gasteiger partial charge in [0, 0.05) is 39.3 Å². The first kappa shape index (κ1) is 22.2. The highest BCUT2D eigenvalue weighted by Gasteiger charge is 2.33. The molecule has 0 bridgehead atoms. The lowest BCUT2D eigenvalue weighted by Crippen LogP contribution is -2.55. The fraction of sp³-hybridized carbons (Fsp3) is 0.682. The van der Waals surface area contributed by atoms with Crippen LogP contribution in [-0.4, -0.2) is 73.7 Å². The van der Waals surface area contributed by atoms with Crippen LogP contribution >= 0.6 is 0 Å². The highest BCUT2D eigenvalue weighted by atomic mass is 32.2. The van der Waals surface area contributed by atoms with E-state index in [1.165, 1.54) is 6.42 Å². The first-order valence-corrected chi connectivity index (χ1v) is 12.2. The maximum Gasteiger partial charge on any atom is 0.243 e. The van der Waals surface area contributed by atoms with Crippen molar-refractivity contribution in [1.29, 1.82) is 0 Å². The number of amides is 1. The van der Waals surface area contributed by atoms with Crippen LogP contribution in [0.25, 0.3) is 0 Å². The molecule has 0 unspecified atom stereocenters. The summed E-state index contributed by atoms with van der Waals surface area (Å²) in [5.41, 5.74) is 1.11. The van der Waals surface area contributed by atoms with Crippen molar-refractivity contribution in [2.75, 3.05) is 39.3 Å². The molecule has 1 atom stereocenters. The standard InChI is InChI=1S/C22H35N3O3S/c1-18(21(26)24-12-6-5-7-13-24)23-14-16-25(17-15-23)29(27,28)20-10-8-19(9-11-20)22(2,3)4/h8-11,18H,5-7,12-17H2,1-4H3/t18-/m0/s1. The molecule has 6 nitrogen and oxygen atoms in total. The van der Waals surface area contributed by atoms with Crippen LogP contribution in [0.15, 0.2) is 29.2 Å². The maximum atomic E-state index is 13.0. The van der Waals surface area contributed by atoms with Crippen molar-refractivity contribution in [1.82, 2.24) is 14.1 Å². The van der Waals surface area contributed by atoms with E-state index in [1.54, 1.807) is 16.4 Å². The van der Waals surface area contributed by atoms with Crippen LogP contribution in [0, 0.1) is 0 Å². The van der Waals surface area contributed by atoms with Gasteiger partial charge in [0.05, 0.1) is 10.9 Å². The van der Waals surface area contributed by atoms with Crippen LogP contribution in [0.1, 0.15) is 52.5 Å². The molecular formula is C22H35N3O3S. The Morgan fingerprint density at radius 3 is 1.97 bits per heavy atom. The van der Waals surface area contributed by atoms with Gasteiger partial charge in [0.15, 0.2) is 0 Å². The number of piperazine rings is 1. The summed E-state index contributed by atoms with van der Waals surface area (Å²) in [6, 6.07) is 7.05. The summed E-state index contributed by atoms with van der Waals surface area (Å²) in [5.74, 6) is 0.179. The van der Waals surface area contributed by atoms with E-state index in [4.69, 9.17) is 0 Å². The van der Waals surface area contributed by atoms with Crippen LogP contribution in [0.2, 0.25) is 0 Å². The van der Waals surface area contributed by atoms with E-state index < -0.39 is 10.0 Å². The second kappa shape index (κ2) is 8.74. The van der Waals surface area contributed by atoms with Gasteiger partial charge in [-0.15, -0.1) is 0 Å². The average molecular weight is 422 g/mol. The Kier molecular flexibility index (Phi) is 6.70. The average Bonchev–Trinajstić information content (AvgIpc) is 2.73. The zero-order valence-electron chi connectivity index (χ0n) is 18.2. The van der Waals surface area contributed by atoms with Gasteiger partial charge in [-0.2, -0.15) is 4.31 Å². The van der Waals surface area contributed by atoms with Gasteiger partial charge < -0.3 is 4.90 Å². The van der Waals surface area contributed by atoms with Gasteiger partial charge in [-0.25, -0.2) is 8.42 Å². The number of rotatable bonds is 4. The van der Waals surface area contributed by atoms with Crippen LogP contribution < -0.4 is 0 Å². The number of carbonyl (C=O) groups excluding carboxylic acids is 1. The molecular weight excluding hydrogens is 386 g/mol. The molecule has 1 aromatic rings. The Hall–Kier alpha value is -1.44. The number of sulfonamides is 1. The van der Waals surface area contributed by atoms with E-state index in [-0.39, 0.29) is 17.4 Å². The molecule has 29 heavy (non-hydrogen) atoms. The molecule has 1 aromatic carbocycles. The van der Waals surface area contributed by atoms with E-state index in [1.807, 2.05) is 24.0 Å². The number of carbonyl (C=O) groups is 1. The zero-order valence-corrected chi connectivity index (χ0v) is 19.0. The second-order valence-corrected chi connectivity index (χ2v) is 11.2. The van der Waals surface area contributed by atoms with E-state index in [9.17, 15) is 13.2 Å². The van der Waals surface area contributed by atoms with Crippen molar-refractivity contribution >= 4 is 15.9 Å². The Balaban J connectivity index is 1.61. The molecule has 0 aliphatic carbocycles. The molecule has 2 aliphatic heterocycles. The van der Waals surface area contributed by atoms with Crippen molar-refractivity contribution in [2.45, 2.75) is 63.3 Å². The molecule has 2 aliphatic rings. The normalized spacial score (nSPS) is 21.2. The van der Waals surface area contributed by atoms with Crippen molar-refractivity contribution in [3.63, 3.8) is 0 Å².